The predicted octanol–water partition coefficient (Wildman–Crippen LogP) is 26.9. The fourth-order valence-corrected chi connectivity index (χ4v) is 23.5. The van der Waals surface area contributed by atoms with E-state index in [1.165, 1.54) is 54.3 Å². The summed E-state index contributed by atoms with van der Waals surface area (Å²) in [6.45, 7) is 3.75. The average Bonchev–Trinajstić information content (AvgIpc) is 0.819. The second-order valence-electron chi connectivity index (χ2n) is 32.7. The van der Waals surface area contributed by atoms with Gasteiger partial charge >= 0.3 is 0 Å². The van der Waals surface area contributed by atoms with E-state index in [1.54, 1.807) is 72.2 Å². The van der Waals surface area contributed by atoms with E-state index in [4.69, 9.17) is 84.6 Å². The van der Waals surface area contributed by atoms with Crippen LogP contribution >= 0.6 is 92.3 Å². The zero-order chi connectivity index (χ0) is 88.6. The minimum Gasteiger partial charge on any atom is -0.261 e. The maximum Gasteiger partial charge on any atom is 0.224 e. The maximum absolute atomic E-state index is 6.53. The van der Waals surface area contributed by atoms with Gasteiger partial charge in [0.15, 0.2) is 0 Å². The number of rotatable bonds is 18. The fourth-order valence-electron chi connectivity index (χ4n) is 20.4. The van der Waals surface area contributed by atoms with Gasteiger partial charge in [-0.3, -0.25) is 39.9 Å². The lowest BCUT2D eigenvalue weighted by Gasteiger charge is -2.52. The number of hydrogen-bond acceptors (Lipinski definition) is 18. The topological polar surface area (TPSA) is 206 Å². The first-order chi connectivity index (χ1) is 63.8. The molecule has 4 fully saturated rings. The van der Waals surface area contributed by atoms with Crippen LogP contribution in [0.15, 0.2) is 364 Å². The first kappa shape index (κ1) is 86.9. The van der Waals surface area contributed by atoms with Gasteiger partial charge in [-0.1, -0.05) is 289 Å². The Morgan fingerprint density at radius 2 is 0.446 bits per heavy atom. The molecule has 0 unspecified atom stereocenters. The molecule has 0 bridgehead atoms. The van der Waals surface area contributed by atoms with Crippen molar-refractivity contribution in [3.63, 3.8) is 0 Å². The van der Waals surface area contributed by atoms with E-state index in [0.29, 0.717) is 44.1 Å². The molecule has 18 aromatic rings. The Bertz CT molecular complexity index is 5890. The summed E-state index contributed by atoms with van der Waals surface area (Å²) in [6, 6.07) is 97.1. The Morgan fingerprint density at radius 3 is 0.708 bits per heavy atom. The molecule has 130 heavy (non-hydrogen) atoms. The third kappa shape index (κ3) is 18.6. The average molecular weight is 1860 g/mol. The first-order valence-electron chi connectivity index (χ1n) is 42.9. The highest BCUT2D eigenvalue weighted by molar-refractivity contribution is 7.10. The van der Waals surface area contributed by atoms with Gasteiger partial charge in [0, 0.05) is 190 Å². The van der Waals surface area contributed by atoms with Crippen LogP contribution in [-0.2, 0) is 0 Å². The van der Waals surface area contributed by atoms with Gasteiger partial charge in [0.1, 0.15) is 32.3 Å². The van der Waals surface area contributed by atoms with Crippen molar-refractivity contribution in [3.05, 3.63) is 496 Å². The third-order valence-electron chi connectivity index (χ3n) is 25.6. The normalized spacial score (nSPS) is 22.2. The zero-order valence-electron chi connectivity index (χ0n) is 70.1. The molecule has 0 amide bonds. The second kappa shape index (κ2) is 39.9. The highest BCUT2D eigenvalue weighted by Crippen LogP contribution is 2.70. The van der Waals surface area contributed by atoms with Crippen molar-refractivity contribution >= 4 is 92.3 Å². The summed E-state index contributed by atoms with van der Waals surface area (Å²) in [6.07, 6.45) is 21.7. The minimum absolute atomic E-state index is 0.00290. The van der Waals surface area contributed by atoms with Crippen molar-refractivity contribution in [3.8, 4) is 22.3 Å². The molecule has 8 atom stereocenters. The van der Waals surface area contributed by atoms with E-state index in [-0.39, 0.29) is 93.4 Å². The smallest absolute Gasteiger partial charge is 0.224 e. The monoisotopic (exact) mass is 1850 g/mol. The highest BCUT2D eigenvalue weighted by Gasteiger charge is 2.59. The zero-order valence-corrected chi connectivity index (χ0v) is 76.3. The Kier molecular flexibility index (Phi) is 26.6. The SMILES string of the molecule is Cc1nc(Cl)cc(C2[C@@H](c3ccc(-c4ccccc4)cc3)C(c3cc(Cl)nc(Cl)n3)[C@@H]2c2ccc(-c3ccccc3)cc2)n1.Cc1nc(Cl)cc(C2[C@@H](c3cccs3)C(c3cc(Cl)nc(Cl)n3)[C@@H]2c2cccs2)n1.c1ccc(C2C(c3cnccn3)C(c3ccccc3)C2c2cnccn2)cc1.c1ccc([C@@H]2[C@H](c3ccccc3)[C@@H](c3cnccn3)[C@H]2c2cnccn2)cc1. The molecule has 0 radical (unpaired) electrons. The molecular formula is C106H82Cl6N16S2. The molecule has 8 aromatic carbocycles. The van der Waals surface area contributed by atoms with Gasteiger partial charge in [-0.2, -0.15) is 0 Å². The highest BCUT2D eigenvalue weighted by atomic mass is 35.5. The van der Waals surface area contributed by atoms with Crippen molar-refractivity contribution in [1.82, 2.24) is 79.7 Å². The molecule has 0 N–H and O–H groups in total. The lowest BCUT2D eigenvalue weighted by Crippen LogP contribution is -2.41. The summed E-state index contributed by atoms with van der Waals surface area (Å²) < 4.78 is 0. The van der Waals surface area contributed by atoms with Crippen molar-refractivity contribution in [1.29, 1.82) is 0 Å². The van der Waals surface area contributed by atoms with E-state index in [9.17, 15) is 0 Å². The quantitative estimate of drug-likeness (QED) is 0.0578. The molecule has 4 aliphatic carbocycles. The largest absolute Gasteiger partial charge is 0.261 e. The summed E-state index contributed by atoms with van der Waals surface area (Å²) in [7, 11) is 0. The Morgan fingerprint density at radius 1 is 0.208 bits per heavy atom. The molecule has 24 heteroatoms. The summed E-state index contributed by atoms with van der Waals surface area (Å²) in [5.41, 5.74) is 19.9. The van der Waals surface area contributed by atoms with Gasteiger partial charge in [0.25, 0.3) is 0 Å². The lowest BCUT2D eigenvalue weighted by atomic mass is 9.50. The molecule has 10 heterocycles. The first-order valence-corrected chi connectivity index (χ1v) is 46.9. The summed E-state index contributed by atoms with van der Waals surface area (Å²) >= 11 is 41.6. The molecule has 16 nitrogen and oxygen atoms in total. The number of halogens is 6. The van der Waals surface area contributed by atoms with E-state index in [0.717, 1.165) is 56.7 Å². The molecule has 0 spiro atoms. The van der Waals surface area contributed by atoms with Crippen LogP contribution in [0.4, 0.5) is 0 Å². The lowest BCUT2D eigenvalue weighted by molar-refractivity contribution is 0.219. The number of benzene rings is 8. The minimum atomic E-state index is -0.0443. The Hall–Kier alpha value is -12.5. The van der Waals surface area contributed by atoms with E-state index in [1.807, 2.05) is 75.0 Å². The number of aryl methyl sites for hydroxylation is 2. The molecule has 0 aliphatic heterocycles. The Balaban J connectivity index is 0.000000115. The summed E-state index contributed by atoms with van der Waals surface area (Å²) in [5.74, 6) is 3.95. The fraction of sp³-hybridized carbons (Fsp3) is 0.170. The van der Waals surface area contributed by atoms with Gasteiger partial charge in [-0.05, 0) is 140 Å². The van der Waals surface area contributed by atoms with Crippen LogP contribution in [0.5, 0.6) is 0 Å². The number of nitrogens with zero attached hydrogens (tertiary/aromatic N) is 16. The molecule has 640 valence electrons. The predicted molar refractivity (Wildman–Crippen MR) is 518 cm³/mol. The van der Waals surface area contributed by atoms with Crippen molar-refractivity contribution in [2.24, 2.45) is 0 Å². The van der Waals surface area contributed by atoms with Crippen molar-refractivity contribution in [2.75, 3.05) is 0 Å². The molecule has 4 saturated carbocycles. The van der Waals surface area contributed by atoms with E-state index < -0.39 is 0 Å². The molecule has 0 saturated heterocycles. The van der Waals surface area contributed by atoms with Gasteiger partial charge < -0.3 is 0 Å². The van der Waals surface area contributed by atoms with Crippen molar-refractivity contribution < 1.29 is 0 Å². The van der Waals surface area contributed by atoms with Gasteiger partial charge in [0.2, 0.25) is 10.6 Å². The van der Waals surface area contributed by atoms with E-state index >= 15 is 0 Å². The third-order valence-corrected chi connectivity index (χ3v) is 28.6. The van der Waals surface area contributed by atoms with Crippen LogP contribution in [0, 0.1) is 13.8 Å². The number of hydrogen-bond donors (Lipinski definition) is 0. The number of aromatic nitrogens is 16. The molecule has 22 rings (SSSR count). The van der Waals surface area contributed by atoms with Crippen LogP contribution in [0.25, 0.3) is 22.3 Å². The van der Waals surface area contributed by atoms with Crippen LogP contribution in [0.2, 0.25) is 31.2 Å². The second-order valence-corrected chi connectivity index (χ2v) is 36.9. The maximum atomic E-state index is 6.53. The van der Waals surface area contributed by atoms with E-state index in [2.05, 4.69) is 318 Å². The summed E-state index contributed by atoms with van der Waals surface area (Å²) in [4.78, 5) is 74.4. The molecular weight excluding hydrogens is 1770 g/mol. The van der Waals surface area contributed by atoms with Crippen LogP contribution < -0.4 is 0 Å². The van der Waals surface area contributed by atoms with Crippen molar-refractivity contribution in [2.45, 2.75) is 109 Å². The Labute approximate surface area is 792 Å². The standard InChI is InChI=1S/C37H27Cl3N4.2C24H20N4.C21H15Cl3N4S2/c1-22-41-29(20-31(38)42-22)35-33(27-16-12-25(13-17-27)23-8-4-2-5-9-23)36(30-21-32(39)44-37(40)43-30)34(35)28-18-14-26(15-19-28)24-10-6-3-7-11-24;1-3-7-17(8-4-1)21-23(19-15-25-11-13-27-19)22(18-9-5-2-6-10-18)24(21)20-16-26-12-14-28-20;1-3-7-17(8-4-1)21-22(18-9-5-2-6-10-18)24(20-16-26-12-14-28-20)23(21)19-15-25-11-13-27-19;1-10-25-11(8-15(22)26-10)17-19(13-4-2-6-29-13)18(20(17)14-5-3-7-30-14)12-9-16(23)28-21(24)27-12/h2-21,33-36H,1H3;2*1-16,21-24H;2-9,17-20H,1H3/t33-,34-,35?,36?;;21-,22+,23+,24-;17?,18?,19-,20-/m1..1/s1. The summed E-state index contributed by atoms with van der Waals surface area (Å²) in [5, 5.41) is 6.06. The molecule has 10 aromatic heterocycles. The van der Waals surface area contributed by atoms with Gasteiger partial charge in [-0.25, -0.2) is 39.9 Å². The van der Waals surface area contributed by atoms with Gasteiger partial charge in [0.05, 0.1) is 34.2 Å². The van der Waals surface area contributed by atoms with Gasteiger partial charge in [-0.15, -0.1) is 22.7 Å². The van der Waals surface area contributed by atoms with Crippen LogP contribution in [-0.4, -0.2) is 79.7 Å². The van der Waals surface area contributed by atoms with Crippen LogP contribution in [0.3, 0.4) is 0 Å². The number of thiophene rings is 2. The van der Waals surface area contributed by atoms with Crippen LogP contribution in [0.1, 0.15) is 195 Å². The molecule has 4 aliphatic rings.